The van der Waals surface area contributed by atoms with Gasteiger partial charge in [-0.3, -0.25) is 14.9 Å². The summed E-state index contributed by atoms with van der Waals surface area (Å²) in [5, 5.41) is 14.9. The van der Waals surface area contributed by atoms with E-state index in [-0.39, 0.29) is 16.8 Å². The molecule has 0 unspecified atom stereocenters. The molecule has 0 fully saturated rings. The van der Waals surface area contributed by atoms with Crippen molar-refractivity contribution in [2.45, 2.75) is 27.2 Å². The van der Waals surface area contributed by atoms with Crippen molar-refractivity contribution >= 4 is 17.8 Å². The monoisotopic (exact) mass is 385 g/mol. The van der Waals surface area contributed by atoms with Gasteiger partial charge in [0.1, 0.15) is 0 Å². The lowest BCUT2D eigenvalue weighted by molar-refractivity contribution is -0.385. The molecule has 1 N–H and O–H groups in total. The third-order valence-corrected chi connectivity index (χ3v) is 3.86. The third-order valence-electron chi connectivity index (χ3n) is 3.86. The lowest BCUT2D eigenvalue weighted by atomic mass is 10.1. The molecule has 2 aromatic carbocycles. The molecule has 0 radical (unpaired) electrons. The maximum atomic E-state index is 12.3. The molecule has 0 aliphatic rings. The standard InChI is InChI=1S/C20H23N3O5/c1-4-11-28-18-10-9-15(12-19(18)27-5-2)13-21-22-20(24)16-7-6-8-17(14(16)3)23(25)26/h6-10,12-13H,4-5,11H2,1-3H3,(H,22,24)/b21-13-. The van der Waals surface area contributed by atoms with Crippen LogP contribution in [0, 0.1) is 17.0 Å². The van der Waals surface area contributed by atoms with E-state index in [9.17, 15) is 14.9 Å². The summed E-state index contributed by atoms with van der Waals surface area (Å²) in [6.45, 7) is 6.51. The SMILES string of the molecule is CCCOc1ccc(/C=N\NC(=O)c2cccc([N+](=O)[O-])c2C)cc1OCC. The normalized spacial score (nSPS) is 10.7. The number of carbonyl (C=O) groups excluding carboxylic acids is 1. The van der Waals surface area contributed by atoms with Crippen molar-refractivity contribution < 1.29 is 19.2 Å². The smallest absolute Gasteiger partial charge is 0.273 e. The number of amides is 1. The highest BCUT2D eigenvalue weighted by atomic mass is 16.6. The van der Waals surface area contributed by atoms with Crippen molar-refractivity contribution in [3.05, 3.63) is 63.2 Å². The molecule has 0 saturated heterocycles. The molecule has 0 aromatic heterocycles. The average molecular weight is 385 g/mol. The quantitative estimate of drug-likeness (QED) is 0.401. The number of hydrogen-bond acceptors (Lipinski definition) is 6. The summed E-state index contributed by atoms with van der Waals surface area (Å²) >= 11 is 0. The highest BCUT2D eigenvalue weighted by Crippen LogP contribution is 2.28. The van der Waals surface area contributed by atoms with E-state index >= 15 is 0 Å². The lowest BCUT2D eigenvalue weighted by Gasteiger charge is -2.11. The minimum Gasteiger partial charge on any atom is -0.490 e. The number of nitrogens with one attached hydrogen (secondary N) is 1. The molecule has 2 rings (SSSR count). The van der Waals surface area contributed by atoms with Crippen molar-refractivity contribution in [2.24, 2.45) is 5.10 Å². The molecule has 8 heteroatoms. The molecule has 148 valence electrons. The Morgan fingerprint density at radius 3 is 2.68 bits per heavy atom. The summed E-state index contributed by atoms with van der Waals surface area (Å²) in [5.74, 6) is 0.725. The molecule has 0 aliphatic carbocycles. The van der Waals surface area contributed by atoms with Gasteiger partial charge in [0.15, 0.2) is 11.5 Å². The first-order chi connectivity index (χ1) is 13.5. The van der Waals surface area contributed by atoms with Gasteiger partial charge in [-0.05, 0) is 50.1 Å². The van der Waals surface area contributed by atoms with Crippen LogP contribution in [-0.2, 0) is 0 Å². The van der Waals surface area contributed by atoms with Crippen LogP contribution in [-0.4, -0.2) is 30.3 Å². The van der Waals surface area contributed by atoms with Gasteiger partial charge >= 0.3 is 0 Å². The van der Waals surface area contributed by atoms with Gasteiger partial charge in [0.25, 0.3) is 11.6 Å². The van der Waals surface area contributed by atoms with Crippen molar-refractivity contribution in [2.75, 3.05) is 13.2 Å². The number of nitrogens with zero attached hydrogens (tertiary/aromatic N) is 2. The summed E-state index contributed by atoms with van der Waals surface area (Å²) in [7, 11) is 0. The summed E-state index contributed by atoms with van der Waals surface area (Å²) in [6, 6.07) is 9.68. The largest absolute Gasteiger partial charge is 0.490 e. The van der Waals surface area contributed by atoms with Crippen LogP contribution in [0.15, 0.2) is 41.5 Å². The predicted molar refractivity (Wildman–Crippen MR) is 106 cm³/mol. The van der Waals surface area contributed by atoms with Gasteiger partial charge in [-0.25, -0.2) is 5.43 Å². The fraction of sp³-hybridized carbons (Fsp3) is 0.300. The lowest BCUT2D eigenvalue weighted by Crippen LogP contribution is -2.19. The average Bonchev–Trinajstić information content (AvgIpc) is 2.67. The molecule has 2 aromatic rings. The van der Waals surface area contributed by atoms with Crippen LogP contribution in [0.3, 0.4) is 0 Å². The Kier molecular flexibility index (Phi) is 7.50. The topological polar surface area (TPSA) is 103 Å². The number of hydrogen-bond donors (Lipinski definition) is 1. The van der Waals surface area contributed by atoms with Gasteiger partial charge in [0.05, 0.1) is 29.9 Å². The number of benzene rings is 2. The zero-order chi connectivity index (χ0) is 20.5. The molecule has 8 nitrogen and oxygen atoms in total. The second-order valence-electron chi connectivity index (χ2n) is 5.89. The molecule has 0 aliphatic heterocycles. The van der Waals surface area contributed by atoms with E-state index in [1.807, 2.05) is 13.8 Å². The van der Waals surface area contributed by atoms with Crippen LogP contribution in [0.4, 0.5) is 5.69 Å². The molecular formula is C20H23N3O5. The molecule has 0 atom stereocenters. The van der Waals surface area contributed by atoms with Gasteiger partial charge in [0.2, 0.25) is 0 Å². The highest BCUT2D eigenvalue weighted by molar-refractivity contribution is 5.97. The first kappa shape index (κ1) is 20.9. The van der Waals surface area contributed by atoms with Crippen LogP contribution in [0.5, 0.6) is 11.5 Å². The van der Waals surface area contributed by atoms with Gasteiger partial charge in [0, 0.05) is 11.6 Å². The van der Waals surface area contributed by atoms with E-state index in [0.29, 0.717) is 30.3 Å². The Balaban J connectivity index is 2.12. The first-order valence-electron chi connectivity index (χ1n) is 8.95. The molecule has 0 saturated carbocycles. The van der Waals surface area contributed by atoms with Crippen molar-refractivity contribution in [3.63, 3.8) is 0 Å². The van der Waals surface area contributed by atoms with Gasteiger partial charge in [-0.1, -0.05) is 13.0 Å². The maximum absolute atomic E-state index is 12.3. The first-order valence-corrected chi connectivity index (χ1v) is 8.95. The Bertz CT molecular complexity index is 880. The fourth-order valence-electron chi connectivity index (χ4n) is 2.50. The Hall–Kier alpha value is -3.42. The summed E-state index contributed by atoms with van der Waals surface area (Å²) in [5.41, 5.74) is 3.48. The highest BCUT2D eigenvalue weighted by Gasteiger charge is 2.17. The van der Waals surface area contributed by atoms with Crippen molar-refractivity contribution in [3.8, 4) is 11.5 Å². The Labute approximate surface area is 163 Å². The minimum absolute atomic E-state index is 0.111. The zero-order valence-electron chi connectivity index (χ0n) is 16.1. The van der Waals surface area contributed by atoms with E-state index in [4.69, 9.17) is 9.47 Å². The number of nitro benzene ring substituents is 1. The minimum atomic E-state index is -0.523. The summed E-state index contributed by atoms with van der Waals surface area (Å²) in [4.78, 5) is 22.8. The number of hydrazone groups is 1. The van der Waals surface area contributed by atoms with E-state index in [1.54, 1.807) is 18.2 Å². The third kappa shape index (κ3) is 5.29. The number of rotatable bonds is 9. The molecule has 0 heterocycles. The van der Waals surface area contributed by atoms with E-state index in [0.717, 1.165) is 6.42 Å². The number of carbonyl (C=O) groups is 1. The molecule has 0 spiro atoms. The molecule has 1 amide bonds. The fourth-order valence-corrected chi connectivity index (χ4v) is 2.50. The van der Waals surface area contributed by atoms with E-state index in [1.165, 1.54) is 31.3 Å². The summed E-state index contributed by atoms with van der Waals surface area (Å²) < 4.78 is 11.2. The van der Waals surface area contributed by atoms with Gasteiger partial charge in [-0.2, -0.15) is 5.10 Å². The molecule has 0 bridgehead atoms. The van der Waals surface area contributed by atoms with Crippen LogP contribution in [0.2, 0.25) is 0 Å². The van der Waals surface area contributed by atoms with Gasteiger partial charge in [-0.15, -0.1) is 0 Å². The van der Waals surface area contributed by atoms with Crippen LogP contribution < -0.4 is 14.9 Å². The molecule has 28 heavy (non-hydrogen) atoms. The zero-order valence-corrected chi connectivity index (χ0v) is 16.1. The van der Waals surface area contributed by atoms with Gasteiger partial charge < -0.3 is 9.47 Å². The Morgan fingerprint density at radius 1 is 1.21 bits per heavy atom. The molecular weight excluding hydrogens is 362 g/mol. The summed E-state index contributed by atoms with van der Waals surface area (Å²) in [6.07, 6.45) is 2.36. The maximum Gasteiger partial charge on any atom is 0.273 e. The Morgan fingerprint density at radius 2 is 2.00 bits per heavy atom. The number of nitro groups is 1. The second-order valence-corrected chi connectivity index (χ2v) is 5.89. The van der Waals surface area contributed by atoms with E-state index in [2.05, 4.69) is 10.5 Å². The van der Waals surface area contributed by atoms with Crippen molar-refractivity contribution in [1.82, 2.24) is 5.43 Å². The number of ether oxygens (including phenoxy) is 2. The van der Waals surface area contributed by atoms with E-state index < -0.39 is 10.8 Å². The predicted octanol–water partition coefficient (Wildman–Crippen LogP) is 3.85. The van der Waals surface area contributed by atoms with Crippen molar-refractivity contribution in [1.29, 1.82) is 0 Å². The van der Waals surface area contributed by atoms with Crippen LogP contribution in [0.25, 0.3) is 0 Å². The van der Waals surface area contributed by atoms with Crippen LogP contribution in [0.1, 0.15) is 41.8 Å². The van der Waals surface area contributed by atoms with Crippen LogP contribution >= 0.6 is 0 Å². The second kappa shape index (κ2) is 10.1.